The van der Waals surface area contributed by atoms with Crippen LogP contribution in [0.25, 0.3) is 5.53 Å². The van der Waals surface area contributed by atoms with Crippen LogP contribution < -0.4 is 0 Å². The molecule has 0 N–H and O–H groups in total. The molecule has 0 rings (SSSR count). The molecule has 0 bridgehead atoms. The van der Waals surface area contributed by atoms with E-state index in [0.29, 0.717) is 0 Å². The Balaban J connectivity index is 0. The highest BCUT2D eigenvalue weighted by molar-refractivity contribution is 6.83. The molecule has 0 aliphatic rings. The summed E-state index contributed by atoms with van der Waals surface area (Å²) in [4.78, 5) is 2.25. The highest BCUT2D eigenvalue weighted by Crippen LogP contribution is 2.12. The standard InChI is InChI=1S/C6H18OSi2.CH2N2/c1-8(2,3)7-9(4,5)6;1-3-2/h1-6H3;1H2. The first-order valence-electron chi connectivity index (χ1n) is 3.92. The Morgan fingerprint density at radius 2 is 1.17 bits per heavy atom. The van der Waals surface area contributed by atoms with E-state index in [1.54, 1.807) is 0 Å². The van der Waals surface area contributed by atoms with Gasteiger partial charge in [-0.2, -0.15) is 4.79 Å². The van der Waals surface area contributed by atoms with Crippen molar-refractivity contribution in [3.05, 3.63) is 5.53 Å². The Labute approximate surface area is 77.6 Å². The first-order valence-corrected chi connectivity index (χ1v) is 10.7. The van der Waals surface area contributed by atoms with E-state index in [0.717, 1.165) is 0 Å². The smallest absolute Gasteiger partial charge is 0.245 e. The van der Waals surface area contributed by atoms with E-state index in [2.05, 4.69) is 50.8 Å². The highest BCUT2D eigenvalue weighted by atomic mass is 28.4. The summed E-state index contributed by atoms with van der Waals surface area (Å²) in [5.41, 5.74) is 7.08. The second-order valence-electron chi connectivity index (χ2n) is 4.47. The van der Waals surface area contributed by atoms with Crippen molar-refractivity contribution in [2.24, 2.45) is 0 Å². The lowest BCUT2D eigenvalue weighted by atomic mass is 11.8. The van der Waals surface area contributed by atoms with Crippen LogP contribution in [0.3, 0.4) is 0 Å². The first kappa shape index (κ1) is 14.3. The van der Waals surface area contributed by atoms with E-state index < -0.39 is 16.6 Å². The third kappa shape index (κ3) is 22.6. The van der Waals surface area contributed by atoms with E-state index in [1.807, 2.05) is 0 Å². The third-order valence-corrected chi connectivity index (χ3v) is 5.51. The Bertz CT molecular complexity index is 140. The Morgan fingerprint density at radius 3 is 1.17 bits per heavy atom. The van der Waals surface area contributed by atoms with Crippen LogP contribution in [0.15, 0.2) is 0 Å². The van der Waals surface area contributed by atoms with Gasteiger partial charge in [-0.1, -0.05) is 0 Å². The van der Waals surface area contributed by atoms with Gasteiger partial charge in [-0.25, -0.2) is 0 Å². The molecule has 0 radical (unpaired) electrons. The van der Waals surface area contributed by atoms with E-state index in [1.165, 1.54) is 0 Å². The second-order valence-corrected chi connectivity index (χ2v) is 13.7. The Morgan fingerprint density at radius 1 is 1.00 bits per heavy atom. The lowest BCUT2D eigenvalue weighted by molar-refractivity contribution is 0.0110. The van der Waals surface area contributed by atoms with Crippen molar-refractivity contribution in [2.75, 3.05) is 0 Å². The maximum absolute atomic E-state index is 7.08. The molecule has 72 valence electrons. The predicted octanol–water partition coefficient (Wildman–Crippen LogP) is 2.59. The fraction of sp³-hybridized carbons (Fsp3) is 0.857. The van der Waals surface area contributed by atoms with E-state index in [9.17, 15) is 0 Å². The molecular formula is C7H20N2OSi2. The molecule has 0 aliphatic heterocycles. The van der Waals surface area contributed by atoms with Crippen LogP contribution in [0.4, 0.5) is 0 Å². The molecule has 12 heavy (non-hydrogen) atoms. The second kappa shape index (κ2) is 5.42. The Kier molecular flexibility index (Phi) is 6.47. The quantitative estimate of drug-likeness (QED) is 0.295. The molecule has 0 fully saturated rings. The van der Waals surface area contributed by atoms with E-state index >= 15 is 0 Å². The van der Waals surface area contributed by atoms with E-state index in [-0.39, 0.29) is 0 Å². The van der Waals surface area contributed by atoms with Gasteiger partial charge in [0, 0.05) is 0 Å². The van der Waals surface area contributed by atoms with Crippen LogP contribution in [0.1, 0.15) is 0 Å². The summed E-state index contributed by atoms with van der Waals surface area (Å²) in [6.45, 7) is 16.1. The molecule has 0 aliphatic carbocycles. The van der Waals surface area contributed by atoms with Gasteiger partial charge in [0.05, 0.1) is 0 Å². The minimum Gasteiger partial charge on any atom is -0.456 e. The molecule has 0 aromatic rings. The molecule has 0 aromatic heterocycles. The zero-order valence-corrected chi connectivity index (χ0v) is 11.0. The van der Waals surface area contributed by atoms with Gasteiger partial charge in [0.15, 0.2) is 16.6 Å². The lowest BCUT2D eigenvalue weighted by Crippen LogP contribution is -2.39. The number of hydrogen-bond acceptors (Lipinski definition) is 1. The summed E-state index contributed by atoms with van der Waals surface area (Å²) >= 11 is 0. The van der Waals surface area contributed by atoms with Crippen molar-refractivity contribution in [1.82, 2.24) is 0 Å². The third-order valence-electron chi connectivity index (χ3n) is 0.612. The van der Waals surface area contributed by atoms with Crippen molar-refractivity contribution < 1.29 is 8.91 Å². The summed E-state index contributed by atoms with van der Waals surface area (Å²) in [6, 6.07) is 0. The Hall–Kier alpha value is -0.226. The van der Waals surface area contributed by atoms with Gasteiger partial charge in [0.2, 0.25) is 6.72 Å². The van der Waals surface area contributed by atoms with Crippen LogP contribution in [-0.4, -0.2) is 28.1 Å². The van der Waals surface area contributed by atoms with Crippen molar-refractivity contribution in [1.29, 1.82) is 0 Å². The minimum atomic E-state index is -1.23. The average molecular weight is 204 g/mol. The van der Waals surface area contributed by atoms with Gasteiger partial charge in [0.1, 0.15) is 0 Å². The van der Waals surface area contributed by atoms with Gasteiger partial charge >= 0.3 is 0 Å². The zero-order valence-electron chi connectivity index (χ0n) is 9.01. The summed E-state index contributed by atoms with van der Waals surface area (Å²) in [5, 5.41) is 0. The maximum atomic E-state index is 7.08. The van der Waals surface area contributed by atoms with Gasteiger partial charge in [-0.05, 0) is 39.3 Å². The summed E-state index contributed by atoms with van der Waals surface area (Å²) < 4.78 is 5.90. The molecule has 0 aromatic carbocycles. The molecular weight excluding hydrogens is 184 g/mol. The summed E-state index contributed by atoms with van der Waals surface area (Å²) in [6.07, 6.45) is 0. The topological polar surface area (TPSA) is 45.6 Å². The predicted molar refractivity (Wildman–Crippen MR) is 58.5 cm³/mol. The molecule has 0 amide bonds. The zero-order chi connectivity index (χ0) is 10.4. The maximum Gasteiger partial charge on any atom is 0.245 e. The number of nitrogens with zero attached hydrogens (tertiary/aromatic N) is 2. The molecule has 0 atom stereocenters. The molecule has 0 saturated heterocycles. The summed E-state index contributed by atoms with van der Waals surface area (Å²) in [7, 11) is -2.46. The molecule has 0 heterocycles. The molecule has 0 spiro atoms. The SMILES string of the molecule is C=[N+]=[N-].C[Si](C)(C)O[Si](C)(C)C. The van der Waals surface area contributed by atoms with E-state index in [4.69, 9.17) is 9.65 Å². The van der Waals surface area contributed by atoms with Gasteiger partial charge in [0.25, 0.3) is 0 Å². The molecule has 0 saturated carbocycles. The highest BCUT2D eigenvalue weighted by Gasteiger charge is 2.24. The fourth-order valence-corrected chi connectivity index (χ4v) is 8.27. The van der Waals surface area contributed by atoms with Crippen molar-refractivity contribution in [2.45, 2.75) is 39.3 Å². The number of hydrogen-bond donors (Lipinski definition) is 0. The fourth-order valence-electron chi connectivity index (χ4n) is 0.919. The van der Waals surface area contributed by atoms with Crippen LogP contribution in [-0.2, 0) is 4.12 Å². The number of rotatable bonds is 2. The van der Waals surface area contributed by atoms with Crippen molar-refractivity contribution in [3.8, 4) is 0 Å². The van der Waals surface area contributed by atoms with Crippen LogP contribution in [0.2, 0.25) is 39.3 Å². The van der Waals surface area contributed by atoms with Crippen molar-refractivity contribution >= 4 is 23.4 Å². The average Bonchev–Trinajstić information content (AvgIpc) is 1.53. The lowest BCUT2D eigenvalue weighted by Gasteiger charge is -2.27. The largest absolute Gasteiger partial charge is 0.456 e. The van der Waals surface area contributed by atoms with Gasteiger partial charge in [-0.15, -0.1) is 0 Å². The molecule has 0 unspecified atom stereocenters. The minimum absolute atomic E-state index is 1.23. The van der Waals surface area contributed by atoms with Gasteiger partial charge in [-0.3, -0.25) is 0 Å². The normalized spacial score (nSPS) is 11.2. The molecule has 5 heteroatoms. The van der Waals surface area contributed by atoms with Crippen LogP contribution >= 0.6 is 0 Å². The molecule has 3 nitrogen and oxygen atoms in total. The van der Waals surface area contributed by atoms with Crippen LogP contribution in [0.5, 0.6) is 0 Å². The first-order chi connectivity index (χ1) is 5.12. The van der Waals surface area contributed by atoms with Gasteiger partial charge < -0.3 is 9.65 Å². The van der Waals surface area contributed by atoms with Crippen molar-refractivity contribution in [3.63, 3.8) is 0 Å². The summed E-state index contributed by atoms with van der Waals surface area (Å²) in [5.74, 6) is 0. The monoisotopic (exact) mass is 204 g/mol. The van der Waals surface area contributed by atoms with Crippen LogP contribution in [0, 0.1) is 0 Å².